The maximum atomic E-state index is 6.03. The second-order valence-corrected chi connectivity index (χ2v) is 5.45. The quantitative estimate of drug-likeness (QED) is 0.748. The number of benzene rings is 1. The molecular formula is C14H13BrN4. The van der Waals surface area contributed by atoms with Gasteiger partial charge in [-0.05, 0) is 53.0 Å². The van der Waals surface area contributed by atoms with Crippen molar-refractivity contribution in [2.75, 3.05) is 5.73 Å². The minimum Gasteiger partial charge on any atom is -0.396 e. The average molecular weight is 317 g/mol. The maximum Gasteiger partial charge on any atom is 0.101 e. The van der Waals surface area contributed by atoms with Gasteiger partial charge in [-0.1, -0.05) is 0 Å². The molecule has 19 heavy (non-hydrogen) atoms. The smallest absolute Gasteiger partial charge is 0.101 e. The zero-order valence-corrected chi connectivity index (χ0v) is 12.3. The first-order chi connectivity index (χ1) is 9.08. The molecule has 0 bridgehead atoms. The molecule has 2 aromatic heterocycles. The van der Waals surface area contributed by atoms with E-state index < -0.39 is 0 Å². The first-order valence-electron chi connectivity index (χ1n) is 5.91. The first-order valence-corrected chi connectivity index (χ1v) is 6.71. The molecule has 0 amide bonds. The molecule has 0 radical (unpaired) electrons. The van der Waals surface area contributed by atoms with Gasteiger partial charge in [-0.25, -0.2) is 4.98 Å². The lowest BCUT2D eigenvalue weighted by Crippen LogP contribution is -2.00. The van der Waals surface area contributed by atoms with E-state index in [0.29, 0.717) is 5.69 Å². The third-order valence-corrected chi connectivity index (χ3v) is 3.89. The van der Waals surface area contributed by atoms with Crippen LogP contribution in [0.1, 0.15) is 11.1 Å². The molecule has 0 saturated carbocycles. The van der Waals surface area contributed by atoms with Crippen LogP contribution in [-0.2, 0) is 0 Å². The fraction of sp³-hybridized carbons (Fsp3) is 0.143. The van der Waals surface area contributed by atoms with Crippen LogP contribution in [0.2, 0.25) is 0 Å². The van der Waals surface area contributed by atoms with Gasteiger partial charge in [-0.15, -0.1) is 0 Å². The summed E-state index contributed by atoms with van der Waals surface area (Å²) in [5.41, 5.74) is 12.0. The number of rotatable bonds is 1. The number of aromatic nitrogens is 3. The Morgan fingerprint density at radius 1 is 1.16 bits per heavy atom. The molecule has 2 heterocycles. The van der Waals surface area contributed by atoms with Gasteiger partial charge in [-0.2, -0.15) is 0 Å². The van der Waals surface area contributed by atoms with Gasteiger partial charge in [0.15, 0.2) is 0 Å². The number of hydrogen-bond acceptors (Lipinski definition) is 3. The molecule has 96 valence electrons. The highest BCUT2D eigenvalue weighted by Crippen LogP contribution is 2.29. The minimum atomic E-state index is 0.618. The molecule has 0 atom stereocenters. The largest absolute Gasteiger partial charge is 0.396 e. The van der Waals surface area contributed by atoms with E-state index in [-0.39, 0.29) is 0 Å². The van der Waals surface area contributed by atoms with E-state index >= 15 is 0 Å². The summed E-state index contributed by atoms with van der Waals surface area (Å²) in [5.74, 6) is 0. The molecule has 0 unspecified atom stereocenters. The Balaban J connectivity index is 2.35. The van der Waals surface area contributed by atoms with Crippen molar-refractivity contribution in [1.29, 1.82) is 0 Å². The van der Waals surface area contributed by atoms with Gasteiger partial charge in [-0.3, -0.25) is 9.55 Å². The van der Waals surface area contributed by atoms with E-state index in [0.717, 1.165) is 21.2 Å². The lowest BCUT2D eigenvalue weighted by molar-refractivity contribution is 1.07. The fourth-order valence-corrected chi connectivity index (χ4v) is 2.68. The van der Waals surface area contributed by atoms with Crippen molar-refractivity contribution in [3.05, 3.63) is 46.5 Å². The van der Waals surface area contributed by atoms with Crippen molar-refractivity contribution in [3.8, 4) is 5.69 Å². The Morgan fingerprint density at radius 3 is 2.63 bits per heavy atom. The Kier molecular flexibility index (Phi) is 2.78. The number of nitrogens with zero attached hydrogens (tertiary/aromatic N) is 3. The lowest BCUT2D eigenvalue weighted by Gasteiger charge is -2.10. The first kappa shape index (κ1) is 12.2. The van der Waals surface area contributed by atoms with Crippen LogP contribution in [0.4, 0.5) is 5.69 Å². The van der Waals surface area contributed by atoms with Gasteiger partial charge in [0, 0.05) is 6.20 Å². The lowest BCUT2D eigenvalue weighted by atomic mass is 10.1. The summed E-state index contributed by atoms with van der Waals surface area (Å²) in [7, 11) is 0. The number of pyridine rings is 1. The van der Waals surface area contributed by atoms with E-state index in [1.54, 1.807) is 18.7 Å². The molecule has 0 aliphatic carbocycles. The van der Waals surface area contributed by atoms with Crippen LogP contribution < -0.4 is 5.73 Å². The number of aryl methyl sites for hydroxylation is 2. The number of anilines is 1. The number of hydrogen-bond donors (Lipinski definition) is 1. The van der Waals surface area contributed by atoms with Gasteiger partial charge in [0.1, 0.15) is 6.33 Å². The van der Waals surface area contributed by atoms with Gasteiger partial charge in [0.25, 0.3) is 0 Å². The third kappa shape index (κ3) is 1.90. The van der Waals surface area contributed by atoms with Crippen LogP contribution >= 0.6 is 15.9 Å². The van der Waals surface area contributed by atoms with Crippen LogP contribution in [-0.4, -0.2) is 14.5 Å². The molecule has 1 aromatic carbocycles. The van der Waals surface area contributed by atoms with Gasteiger partial charge < -0.3 is 5.73 Å². The number of imidazole rings is 1. The molecule has 0 saturated heterocycles. The van der Waals surface area contributed by atoms with E-state index in [2.05, 4.69) is 51.9 Å². The Bertz CT molecular complexity index is 756. The van der Waals surface area contributed by atoms with Crippen LogP contribution in [0.5, 0.6) is 0 Å². The Morgan fingerprint density at radius 2 is 1.89 bits per heavy atom. The van der Waals surface area contributed by atoms with Gasteiger partial charge >= 0.3 is 0 Å². The highest BCUT2D eigenvalue weighted by molar-refractivity contribution is 9.10. The zero-order chi connectivity index (χ0) is 13.6. The van der Waals surface area contributed by atoms with Gasteiger partial charge in [0.05, 0.1) is 33.1 Å². The summed E-state index contributed by atoms with van der Waals surface area (Å²) in [6.07, 6.45) is 5.17. The number of nitrogen functional groups attached to an aromatic ring is 1. The standard InChI is InChI=1S/C14H13BrN4/c1-8-3-12-13(4-9(8)2)19(7-18-12)14-10(15)5-17-6-11(14)16/h3-7H,16H2,1-2H3. The van der Waals surface area contributed by atoms with Crippen molar-refractivity contribution in [3.63, 3.8) is 0 Å². The van der Waals surface area contributed by atoms with Crippen LogP contribution in [0.15, 0.2) is 35.3 Å². The van der Waals surface area contributed by atoms with Crippen molar-refractivity contribution in [2.24, 2.45) is 0 Å². The van der Waals surface area contributed by atoms with Gasteiger partial charge in [0.2, 0.25) is 0 Å². The van der Waals surface area contributed by atoms with E-state index in [4.69, 9.17) is 5.73 Å². The van der Waals surface area contributed by atoms with Crippen molar-refractivity contribution in [2.45, 2.75) is 13.8 Å². The zero-order valence-electron chi connectivity index (χ0n) is 10.7. The van der Waals surface area contributed by atoms with E-state index in [1.165, 1.54) is 11.1 Å². The highest BCUT2D eigenvalue weighted by atomic mass is 79.9. The average Bonchev–Trinajstić information content (AvgIpc) is 2.73. The molecule has 2 N–H and O–H groups in total. The molecule has 5 heteroatoms. The summed E-state index contributed by atoms with van der Waals surface area (Å²) in [6.45, 7) is 4.18. The second-order valence-electron chi connectivity index (χ2n) is 4.60. The van der Waals surface area contributed by atoms with Crippen LogP contribution in [0.3, 0.4) is 0 Å². The molecule has 3 aromatic rings. The molecule has 4 nitrogen and oxygen atoms in total. The van der Waals surface area contributed by atoms with E-state index in [9.17, 15) is 0 Å². The molecule has 0 spiro atoms. The van der Waals surface area contributed by atoms with Crippen molar-refractivity contribution >= 4 is 32.7 Å². The number of halogens is 1. The molecule has 3 rings (SSSR count). The molecule has 0 fully saturated rings. The minimum absolute atomic E-state index is 0.618. The van der Waals surface area contributed by atoms with Crippen LogP contribution in [0, 0.1) is 13.8 Å². The SMILES string of the molecule is Cc1cc2ncn(-c3c(N)cncc3Br)c2cc1C. The predicted molar refractivity (Wildman–Crippen MR) is 80.5 cm³/mol. The third-order valence-electron chi connectivity index (χ3n) is 3.30. The topological polar surface area (TPSA) is 56.7 Å². The monoisotopic (exact) mass is 316 g/mol. The Labute approximate surface area is 119 Å². The van der Waals surface area contributed by atoms with E-state index in [1.807, 2.05) is 4.57 Å². The normalized spacial score (nSPS) is 11.1. The summed E-state index contributed by atoms with van der Waals surface area (Å²) < 4.78 is 2.84. The van der Waals surface area contributed by atoms with Crippen LogP contribution in [0.25, 0.3) is 16.7 Å². The molecule has 0 aliphatic heterocycles. The summed E-state index contributed by atoms with van der Waals surface area (Å²) in [4.78, 5) is 8.51. The maximum absolute atomic E-state index is 6.03. The highest BCUT2D eigenvalue weighted by Gasteiger charge is 2.12. The Hall–Kier alpha value is -1.88. The summed E-state index contributed by atoms with van der Waals surface area (Å²) in [6, 6.07) is 4.22. The fourth-order valence-electron chi connectivity index (χ4n) is 2.14. The summed E-state index contributed by atoms with van der Waals surface area (Å²) in [5, 5.41) is 0. The second kappa shape index (κ2) is 4.35. The molecular weight excluding hydrogens is 304 g/mol. The summed E-state index contributed by atoms with van der Waals surface area (Å²) >= 11 is 3.50. The van der Waals surface area contributed by atoms with Crippen molar-refractivity contribution in [1.82, 2.24) is 14.5 Å². The number of fused-ring (bicyclic) bond motifs is 1. The predicted octanol–water partition coefficient (Wildman–Crippen LogP) is 3.38. The molecule has 0 aliphatic rings. The number of nitrogens with two attached hydrogens (primary N) is 1. The van der Waals surface area contributed by atoms with Crippen molar-refractivity contribution < 1.29 is 0 Å².